The van der Waals surface area contributed by atoms with Gasteiger partial charge in [0.1, 0.15) is 17.4 Å². The number of methoxy groups -OCH3 is 1. The van der Waals surface area contributed by atoms with Crippen LogP contribution in [0.15, 0.2) is 48.0 Å². The Bertz CT molecular complexity index is 889. The molecule has 0 radical (unpaired) electrons. The molecule has 0 heterocycles. The summed E-state index contributed by atoms with van der Waals surface area (Å²) in [6.45, 7) is 3.27. The number of nitriles is 1. The van der Waals surface area contributed by atoms with E-state index in [0.29, 0.717) is 17.0 Å². The Hall–Kier alpha value is -3.59. The van der Waals surface area contributed by atoms with Crippen LogP contribution in [0.2, 0.25) is 0 Å². The van der Waals surface area contributed by atoms with Crippen LogP contribution in [0.3, 0.4) is 0 Å². The van der Waals surface area contributed by atoms with Gasteiger partial charge < -0.3 is 14.8 Å². The third-order valence-electron chi connectivity index (χ3n) is 3.85. The minimum Gasteiger partial charge on any atom is -0.497 e. The zero-order valence-corrected chi connectivity index (χ0v) is 15.4. The Balaban J connectivity index is 1.99. The monoisotopic (exact) mass is 364 g/mol. The molecule has 2 aromatic rings. The van der Waals surface area contributed by atoms with Gasteiger partial charge in [0.05, 0.1) is 7.11 Å². The minimum absolute atomic E-state index is 0.194. The summed E-state index contributed by atoms with van der Waals surface area (Å²) in [5.41, 5.74) is 2.95. The fourth-order valence-corrected chi connectivity index (χ4v) is 2.40. The van der Waals surface area contributed by atoms with Crippen LogP contribution >= 0.6 is 0 Å². The van der Waals surface area contributed by atoms with E-state index in [1.54, 1.807) is 37.4 Å². The smallest absolute Gasteiger partial charge is 0.349 e. The van der Waals surface area contributed by atoms with E-state index in [0.717, 1.165) is 11.1 Å². The van der Waals surface area contributed by atoms with Crippen molar-refractivity contribution in [3.05, 3.63) is 64.7 Å². The fraction of sp³-hybridized carbons (Fsp3) is 0.190. The van der Waals surface area contributed by atoms with E-state index < -0.39 is 18.5 Å². The lowest BCUT2D eigenvalue weighted by Crippen LogP contribution is -2.22. The second kappa shape index (κ2) is 9.20. The van der Waals surface area contributed by atoms with E-state index in [2.05, 4.69) is 5.32 Å². The summed E-state index contributed by atoms with van der Waals surface area (Å²) in [6.07, 6.45) is 1.39. The number of para-hydroxylation sites is 1. The molecule has 0 saturated heterocycles. The highest BCUT2D eigenvalue weighted by Crippen LogP contribution is 2.19. The van der Waals surface area contributed by atoms with Crippen LogP contribution in [0.5, 0.6) is 5.75 Å². The molecular weight excluding hydrogens is 344 g/mol. The Morgan fingerprint density at radius 2 is 1.74 bits per heavy atom. The maximum atomic E-state index is 12.1. The Kier molecular flexibility index (Phi) is 6.73. The molecular formula is C21H20N2O4. The molecule has 1 N–H and O–H groups in total. The molecule has 0 spiro atoms. The quantitative estimate of drug-likeness (QED) is 0.482. The summed E-state index contributed by atoms with van der Waals surface area (Å²) in [5, 5.41) is 11.9. The van der Waals surface area contributed by atoms with Gasteiger partial charge in [-0.05, 0) is 48.7 Å². The molecule has 0 aliphatic heterocycles. The second-order valence-electron chi connectivity index (χ2n) is 5.83. The molecule has 0 fully saturated rings. The van der Waals surface area contributed by atoms with Gasteiger partial charge in [-0.2, -0.15) is 5.26 Å². The Morgan fingerprint density at radius 3 is 2.30 bits per heavy atom. The van der Waals surface area contributed by atoms with Gasteiger partial charge in [-0.15, -0.1) is 0 Å². The molecule has 0 aromatic heterocycles. The van der Waals surface area contributed by atoms with E-state index in [1.807, 2.05) is 32.0 Å². The average molecular weight is 364 g/mol. The molecule has 138 valence electrons. The predicted molar refractivity (Wildman–Crippen MR) is 102 cm³/mol. The summed E-state index contributed by atoms with van der Waals surface area (Å²) >= 11 is 0. The number of anilines is 1. The van der Waals surface area contributed by atoms with Crippen molar-refractivity contribution in [2.75, 3.05) is 19.0 Å². The number of hydrogen-bond acceptors (Lipinski definition) is 5. The van der Waals surface area contributed by atoms with Crippen LogP contribution < -0.4 is 10.1 Å². The van der Waals surface area contributed by atoms with Crippen LogP contribution in [0, 0.1) is 25.2 Å². The van der Waals surface area contributed by atoms with Gasteiger partial charge in [-0.1, -0.05) is 30.3 Å². The highest BCUT2D eigenvalue weighted by atomic mass is 16.5. The lowest BCUT2D eigenvalue weighted by molar-refractivity contribution is -0.142. The normalized spacial score (nSPS) is 10.7. The van der Waals surface area contributed by atoms with Crippen molar-refractivity contribution >= 4 is 23.6 Å². The molecule has 0 saturated carbocycles. The van der Waals surface area contributed by atoms with E-state index in [4.69, 9.17) is 9.47 Å². The maximum Gasteiger partial charge on any atom is 0.349 e. The van der Waals surface area contributed by atoms with Crippen molar-refractivity contribution in [3.63, 3.8) is 0 Å². The summed E-state index contributed by atoms with van der Waals surface area (Å²) in [4.78, 5) is 24.1. The SMILES string of the molecule is COc1ccc(C=C(C#N)C(=O)OCC(=O)Nc2c(C)cccc2C)cc1. The number of ether oxygens (including phenoxy) is 2. The maximum absolute atomic E-state index is 12.1. The summed E-state index contributed by atoms with van der Waals surface area (Å²) in [6, 6.07) is 14.3. The number of hydrogen-bond donors (Lipinski definition) is 1. The number of carbonyl (C=O) groups is 2. The van der Waals surface area contributed by atoms with E-state index in [9.17, 15) is 14.9 Å². The number of rotatable bonds is 6. The zero-order chi connectivity index (χ0) is 19.8. The van der Waals surface area contributed by atoms with Crippen molar-refractivity contribution in [3.8, 4) is 11.8 Å². The molecule has 1 amide bonds. The first-order valence-electron chi connectivity index (χ1n) is 8.23. The number of aryl methyl sites for hydroxylation is 2. The van der Waals surface area contributed by atoms with Crippen molar-refractivity contribution < 1.29 is 19.1 Å². The molecule has 27 heavy (non-hydrogen) atoms. The van der Waals surface area contributed by atoms with E-state index in [1.165, 1.54) is 6.08 Å². The van der Waals surface area contributed by atoms with Gasteiger partial charge in [0, 0.05) is 5.69 Å². The van der Waals surface area contributed by atoms with Crippen molar-refractivity contribution in [1.29, 1.82) is 5.26 Å². The van der Waals surface area contributed by atoms with Crippen LogP contribution in [0.25, 0.3) is 6.08 Å². The number of nitrogens with one attached hydrogen (secondary N) is 1. The number of nitrogens with zero attached hydrogens (tertiary/aromatic N) is 1. The van der Waals surface area contributed by atoms with Gasteiger partial charge >= 0.3 is 5.97 Å². The number of carbonyl (C=O) groups excluding carboxylic acids is 2. The number of esters is 1. The van der Waals surface area contributed by atoms with Crippen molar-refractivity contribution in [2.45, 2.75) is 13.8 Å². The Morgan fingerprint density at radius 1 is 1.11 bits per heavy atom. The first-order chi connectivity index (χ1) is 12.9. The standard InChI is InChI=1S/C21H20N2O4/c1-14-5-4-6-15(2)20(14)23-19(24)13-27-21(25)17(12-22)11-16-7-9-18(26-3)10-8-16/h4-11H,13H2,1-3H3,(H,23,24). The van der Waals surface area contributed by atoms with Gasteiger partial charge in [-0.25, -0.2) is 4.79 Å². The highest BCUT2D eigenvalue weighted by molar-refractivity contribution is 6.00. The van der Waals surface area contributed by atoms with Crippen LogP contribution in [-0.4, -0.2) is 25.6 Å². The van der Waals surface area contributed by atoms with Crippen molar-refractivity contribution in [1.82, 2.24) is 0 Å². The summed E-state index contributed by atoms with van der Waals surface area (Å²) in [7, 11) is 1.55. The molecule has 0 aliphatic carbocycles. The zero-order valence-electron chi connectivity index (χ0n) is 15.4. The van der Waals surface area contributed by atoms with Crippen LogP contribution in [-0.2, 0) is 14.3 Å². The largest absolute Gasteiger partial charge is 0.497 e. The number of amides is 1. The lowest BCUT2D eigenvalue weighted by Gasteiger charge is -2.11. The van der Waals surface area contributed by atoms with Crippen molar-refractivity contribution in [2.24, 2.45) is 0 Å². The van der Waals surface area contributed by atoms with E-state index >= 15 is 0 Å². The van der Waals surface area contributed by atoms with Gasteiger partial charge in [0.2, 0.25) is 0 Å². The lowest BCUT2D eigenvalue weighted by atomic mass is 10.1. The molecule has 0 unspecified atom stereocenters. The second-order valence-corrected chi connectivity index (χ2v) is 5.83. The third-order valence-corrected chi connectivity index (χ3v) is 3.85. The number of benzene rings is 2. The summed E-state index contributed by atoms with van der Waals surface area (Å²) < 4.78 is 10.0. The van der Waals surface area contributed by atoms with Gasteiger partial charge in [0.25, 0.3) is 5.91 Å². The molecule has 0 aliphatic rings. The molecule has 2 aromatic carbocycles. The molecule has 2 rings (SSSR count). The first kappa shape index (κ1) is 19.7. The molecule has 0 bridgehead atoms. The van der Waals surface area contributed by atoms with E-state index in [-0.39, 0.29) is 5.57 Å². The van der Waals surface area contributed by atoms with Crippen LogP contribution in [0.4, 0.5) is 5.69 Å². The van der Waals surface area contributed by atoms with Gasteiger partial charge in [-0.3, -0.25) is 4.79 Å². The Labute approximate surface area is 158 Å². The van der Waals surface area contributed by atoms with Crippen LogP contribution in [0.1, 0.15) is 16.7 Å². The fourth-order valence-electron chi connectivity index (χ4n) is 2.40. The molecule has 6 heteroatoms. The topological polar surface area (TPSA) is 88.4 Å². The highest BCUT2D eigenvalue weighted by Gasteiger charge is 2.14. The minimum atomic E-state index is -0.857. The first-order valence-corrected chi connectivity index (χ1v) is 8.23. The summed E-state index contributed by atoms with van der Waals surface area (Å²) in [5.74, 6) is -0.663. The third kappa shape index (κ3) is 5.44. The molecule has 0 atom stereocenters. The predicted octanol–water partition coefficient (Wildman–Crippen LogP) is 3.40. The van der Waals surface area contributed by atoms with Gasteiger partial charge in [0.15, 0.2) is 6.61 Å². The molecule has 6 nitrogen and oxygen atoms in total. The average Bonchev–Trinajstić information content (AvgIpc) is 2.67.